The van der Waals surface area contributed by atoms with E-state index >= 15 is 0 Å². The zero-order chi connectivity index (χ0) is 46.1. The van der Waals surface area contributed by atoms with Crippen molar-refractivity contribution in [1.82, 2.24) is 5.32 Å². The summed E-state index contributed by atoms with van der Waals surface area (Å²) in [7, 11) is -17.5. The van der Waals surface area contributed by atoms with Crippen LogP contribution in [-0.2, 0) is 33.9 Å². The van der Waals surface area contributed by atoms with Crippen LogP contribution in [0.5, 0.6) is 0 Å². The lowest BCUT2D eigenvalue weighted by molar-refractivity contribution is 0.185. The third kappa shape index (κ3) is 48.1. The zero-order valence-corrected chi connectivity index (χ0v) is 49.4. The Hall–Kier alpha value is -0.298. The Morgan fingerprint density at radius 2 is 0.750 bits per heavy atom. The van der Waals surface area contributed by atoms with Crippen molar-refractivity contribution < 1.29 is 38.6 Å². The number of rotatable bonds is 22. The molecule has 0 saturated heterocycles. The number of carbonyl (C=O) groups is 1. The minimum Gasteiger partial charge on any atom is -0.550 e. The lowest BCUT2D eigenvalue weighted by atomic mass is 10.5. The van der Waals surface area contributed by atoms with Crippen molar-refractivity contribution in [3.05, 3.63) is 52.0 Å². The number of carbonyl (C=O) groups excluding carboxylic acids is 1. The fourth-order valence-corrected chi connectivity index (χ4v) is 34.3. The molecule has 0 aromatic heterocycles. The summed E-state index contributed by atoms with van der Waals surface area (Å²) in [6.45, 7) is 65.7. The molecule has 0 aromatic rings. The van der Waals surface area contributed by atoms with Gasteiger partial charge >= 0.3 is 23.7 Å². The molecular weight excluding hydrogens is 857 g/mol. The predicted molar refractivity (Wildman–Crippen MR) is 268 cm³/mol. The first-order valence-electron chi connectivity index (χ1n) is 19.6. The molecule has 0 radical (unpaired) electrons. The first-order valence-corrected chi connectivity index (χ1v) is 47.3. The maximum Gasteiger partial charge on any atom is 0.469 e. The van der Waals surface area contributed by atoms with Crippen molar-refractivity contribution in [2.45, 2.75) is 162 Å². The Morgan fingerprint density at radius 3 is 0.929 bits per heavy atom. The first kappa shape index (κ1) is 64.8. The standard InChI is InChI=1S/C15H37NO5Si4.C12H35NO3Si4.C5H12OSi.2C2H4/c1-11-18-15(17)16-13-12-14-25(19-22(2,3)4,20-23(5,6)7)21-24(8,9)10;1-17(2,3)14-20(12-10-11-13,15-18(4,5)6)16-19(7,8)9;1-5-6-7(2,3)4;2*1-2/h11H,1,12-14H2,2-10H3,(H,16,17);10-13H2,1-9H3;5H,1H2,2-4H3;2*1-2H2. The van der Waals surface area contributed by atoms with Crippen LogP contribution in [0.1, 0.15) is 12.8 Å². The smallest absolute Gasteiger partial charge is 0.469 e. The van der Waals surface area contributed by atoms with Crippen molar-refractivity contribution in [2.75, 3.05) is 13.1 Å². The highest BCUT2D eigenvalue weighted by atomic mass is 28.5. The van der Waals surface area contributed by atoms with E-state index in [0.717, 1.165) is 25.1 Å². The summed E-state index contributed by atoms with van der Waals surface area (Å²) in [5.41, 5.74) is 5.72. The second-order valence-electron chi connectivity index (χ2n) is 19.5. The fraction of sp³-hybridized carbons (Fsp3) is 0.750. The van der Waals surface area contributed by atoms with Gasteiger partial charge in [-0.05, 0) is 157 Å². The number of ether oxygens (including phenoxy) is 1. The molecular formula is C36H92N2O9Si9. The molecule has 0 heterocycles. The highest BCUT2D eigenvalue weighted by Crippen LogP contribution is 2.31. The van der Waals surface area contributed by atoms with Crippen molar-refractivity contribution in [2.24, 2.45) is 5.73 Å². The van der Waals surface area contributed by atoms with E-state index in [-0.39, 0.29) is 0 Å². The van der Waals surface area contributed by atoms with Gasteiger partial charge in [0.2, 0.25) is 8.32 Å². The van der Waals surface area contributed by atoms with E-state index in [2.05, 4.69) is 187 Å². The highest BCUT2D eigenvalue weighted by Gasteiger charge is 2.50. The molecule has 56 heavy (non-hydrogen) atoms. The van der Waals surface area contributed by atoms with Gasteiger partial charge in [0.15, 0.2) is 49.9 Å². The molecule has 11 nitrogen and oxygen atoms in total. The molecule has 0 bridgehead atoms. The normalized spacial score (nSPS) is 12.8. The Labute approximate surface area is 357 Å². The van der Waals surface area contributed by atoms with Crippen LogP contribution >= 0.6 is 0 Å². The van der Waals surface area contributed by atoms with Crippen LogP contribution in [-0.4, -0.2) is 95.0 Å². The van der Waals surface area contributed by atoms with E-state index in [4.69, 9.17) is 34.9 Å². The predicted octanol–water partition coefficient (Wildman–Crippen LogP) is 12.2. The van der Waals surface area contributed by atoms with Gasteiger partial charge < -0.3 is 44.9 Å². The van der Waals surface area contributed by atoms with E-state index in [0.29, 0.717) is 19.1 Å². The summed E-state index contributed by atoms with van der Waals surface area (Å²) in [5.74, 6) is 0. The molecule has 0 atom stereocenters. The van der Waals surface area contributed by atoms with Crippen LogP contribution < -0.4 is 11.1 Å². The number of hydrogen-bond acceptors (Lipinski definition) is 10. The van der Waals surface area contributed by atoms with Gasteiger partial charge in [-0.1, -0.05) is 13.2 Å². The van der Waals surface area contributed by atoms with Crippen LogP contribution in [0.25, 0.3) is 0 Å². The average molecular weight is 950 g/mol. The van der Waals surface area contributed by atoms with E-state index in [1.165, 1.54) is 6.26 Å². The highest BCUT2D eigenvalue weighted by molar-refractivity contribution is 6.91. The van der Waals surface area contributed by atoms with Gasteiger partial charge in [0.05, 0.1) is 12.5 Å². The molecule has 0 unspecified atom stereocenters. The Morgan fingerprint density at radius 1 is 0.482 bits per heavy atom. The molecule has 1 amide bonds. The molecule has 0 aliphatic rings. The van der Waals surface area contributed by atoms with Crippen molar-refractivity contribution in [3.63, 3.8) is 0 Å². The molecule has 336 valence electrons. The lowest BCUT2D eigenvalue weighted by Crippen LogP contribution is -2.60. The van der Waals surface area contributed by atoms with E-state index in [9.17, 15) is 4.79 Å². The maximum absolute atomic E-state index is 11.4. The van der Waals surface area contributed by atoms with Crippen LogP contribution in [0.2, 0.25) is 150 Å². The van der Waals surface area contributed by atoms with E-state index in [1.54, 1.807) is 0 Å². The zero-order valence-electron chi connectivity index (χ0n) is 40.4. The summed E-state index contributed by atoms with van der Waals surface area (Å²) >= 11 is 0. The molecule has 0 spiro atoms. The Balaban J connectivity index is -0.000000248. The topological polar surface area (TPSA) is 129 Å². The average Bonchev–Trinajstić information content (AvgIpc) is 2.91. The van der Waals surface area contributed by atoms with Gasteiger partial charge in [0.25, 0.3) is 0 Å². The first-order chi connectivity index (χ1) is 24.8. The van der Waals surface area contributed by atoms with Crippen LogP contribution in [0.4, 0.5) is 4.79 Å². The van der Waals surface area contributed by atoms with E-state index in [1.807, 2.05) is 0 Å². The van der Waals surface area contributed by atoms with Crippen molar-refractivity contribution in [1.29, 1.82) is 0 Å². The summed E-state index contributed by atoms with van der Waals surface area (Å²) in [5, 5.41) is 2.70. The Bertz CT molecular complexity index is 976. The van der Waals surface area contributed by atoms with Crippen molar-refractivity contribution >= 4 is 81.9 Å². The lowest BCUT2D eigenvalue weighted by Gasteiger charge is -2.43. The summed E-state index contributed by atoms with van der Waals surface area (Å²) < 4.78 is 49.1. The number of amides is 1. The van der Waals surface area contributed by atoms with Gasteiger partial charge in [0.1, 0.15) is 0 Å². The van der Waals surface area contributed by atoms with Gasteiger partial charge in [-0.15, -0.1) is 26.3 Å². The van der Waals surface area contributed by atoms with Gasteiger partial charge in [-0.3, -0.25) is 0 Å². The molecule has 0 rings (SSSR count). The number of nitrogens with two attached hydrogens (primary N) is 1. The fourth-order valence-electron chi connectivity index (χ4n) is 4.41. The molecule has 0 aromatic carbocycles. The SMILES string of the molecule is C=C.C=C.C=COC(=O)NCCC[Si](O[Si](C)(C)C)(O[Si](C)(C)C)O[Si](C)(C)C.C=CO[Si](C)(C)C.C[Si](C)(C)O[Si](CCCN)(O[Si](C)(C)C)O[Si](C)(C)C. The number of hydrogen-bond donors (Lipinski definition) is 2. The molecule has 0 aliphatic heterocycles. The summed E-state index contributed by atoms with van der Waals surface area (Å²) in [6.07, 6.45) is 3.77. The van der Waals surface area contributed by atoms with E-state index < -0.39 is 81.9 Å². The molecule has 0 aliphatic carbocycles. The minimum atomic E-state index is -2.82. The van der Waals surface area contributed by atoms with Gasteiger partial charge in [-0.2, -0.15) is 0 Å². The molecule has 0 saturated carbocycles. The third-order valence-corrected chi connectivity index (χ3v) is 30.0. The molecule has 3 N–H and O–H groups in total. The van der Waals surface area contributed by atoms with Gasteiger partial charge in [-0.25, -0.2) is 4.79 Å². The largest absolute Gasteiger partial charge is 0.550 e. The monoisotopic (exact) mass is 948 g/mol. The quantitative estimate of drug-likeness (QED) is 0.0468. The molecule has 20 heteroatoms. The number of nitrogens with one attached hydrogen (secondary N) is 1. The molecule has 0 fully saturated rings. The summed E-state index contributed by atoms with van der Waals surface area (Å²) in [4.78, 5) is 11.4. The van der Waals surface area contributed by atoms with Crippen LogP contribution in [0.15, 0.2) is 52.0 Å². The Kier molecular flexibility index (Phi) is 33.6. The minimum absolute atomic E-state index is 0.487. The van der Waals surface area contributed by atoms with Gasteiger partial charge in [0, 0.05) is 18.6 Å². The maximum atomic E-state index is 11.4. The second kappa shape index (κ2) is 29.0. The van der Waals surface area contributed by atoms with Crippen LogP contribution in [0, 0.1) is 0 Å². The third-order valence-electron chi connectivity index (χ3n) is 5.01. The number of alkyl carbamates (subject to hydrolysis) is 1. The summed E-state index contributed by atoms with van der Waals surface area (Å²) in [6, 6.07) is 1.54. The second-order valence-corrected chi connectivity index (χ2v) is 58.0. The van der Waals surface area contributed by atoms with Crippen molar-refractivity contribution in [3.8, 4) is 0 Å². The van der Waals surface area contributed by atoms with Crippen LogP contribution in [0.3, 0.4) is 0 Å².